The lowest BCUT2D eigenvalue weighted by Gasteiger charge is -2.20. The molecule has 1 aromatic carbocycles. The van der Waals surface area contributed by atoms with E-state index in [4.69, 9.17) is 5.73 Å². The molecule has 0 bridgehead atoms. The summed E-state index contributed by atoms with van der Waals surface area (Å²) in [7, 11) is 0. The zero-order chi connectivity index (χ0) is 16.5. The number of anilines is 4. The average Bonchev–Trinajstić information content (AvgIpc) is 3.11. The number of nitrogens with one attached hydrogen (secondary N) is 1. The van der Waals surface area contributed by atoms with Gasteiger partial charge in [0, 0.05) is 29.9 Å². The molecule has 0 aliphatic carbocycles. The number of nitrogen functional groups attached to an aromatic ring is 1. The highest BCUT2D eigenvalue weighted by molar-refractivity contribution is 5.94. The zero-order valence-corrected chi connectivity index (χ0v) is 13.7. The molecule has 0 atom stereocenters. The van der Waals surface area contributed by atoms with Crippen molar-refractivity contribution in [3.63, 3.8) is 0 Å². The van der Waals surface area contributed by atoms with E-state index >= 15 is 0 Å². The first-order valence-corrected chi connectivity index (χ1v) is 8.21. The van der Waals surface area contributed by atoms with Crippen molar-refractivity contribution in [2.45, 2.75) is 19.8 Å². The molecule has 0 spiro atoms. The third-order valence-electron chi connectivity index (χ3n) is 4.39. The van der Waals surface area contributed by atoms with Gasteiger partial charge in [-0.05, 0) is 44.0 Å². The molecular formula is C18H20N6. The highest BCUT2D eigenvalue weighted by Gasteiger charge is 2.18. The normalized spacial score (nSPS) is 14.3. The Morgan fingerprint density at radius 1 is 1.08 bits per heavy atom. The molecule has 24 heavy (non-hydrogen) atoms. The summed E-state index contributed by atoms with van der Waals surface area (Å²) in [5.41, 5.74) is 9.82. The summed E-state index contributed by atoms with van der Waals surface area (Å²) in [6.07, 6.45) is 3.93. The molecule has 122 valence electrons. The molecule has 0 saturated carbocycles. The number of rotatable bonds is 3. The lowest BCUT2D eigenvalue weighted by molar-refractivity contribution is 0.931. The van der Waals surface area contributed by atoms with E-state index in [0.717, 1.165) is 41.2 Å². The minimum absolute atomic E-state index is 0.594. The molecule has 3 heterocycles. The van der Waals surface area contributed by atoms with E-state index in [1.54, 1.807) is 6.33 Å². The first-order valence-electron chi connectivity index (χ1n) is 8.21. The lowest BCUT2D eigenvalue weighted by atomic mass is 10.1. The smallest absolute Gasteiger partial charge is 0.159 e. The van der Waals surface area contributed by atoms with Gasteiger partial charge in [-0.15, -0.1) is 0 Å². The highest BCUT2D eigenvalue weighted by Crippen LogP contribution is 2.32. The van der Waals surface area contributed by atoms with Crippen LogP contribution in [0, 0.1) is 6.92 Å². The predicted molar refractivity (Wildman–Crippen MR) is 97.7 cm³/mol. The van der Waals surface area contributed by atoms with Gasteiger partial charge in [0.15, 0.2) is 11.6 Å². The first kappa shape index (κ1) is 14.7. The van der Waals surface area contributed by atoms with Gasteiger partial charge < -0.3 is 16.0 Å². The molecule has 6 nitrogen and oxygen atoms in total. The molecule has 0 unspecified atom stereocenters. The number of hydrogen-bond acceptors (Lipinski definition) is 6. The number of pyridine rings is 1. The Morgan fingerprint density at radius 3 is 2.75 bits per heavy atom. The highest BCUT2D eigenvalue weighted by atomic mass is 15.2. The topological polar surface area (TPSA) is 80.0 Å². The van der Waals surface area contributed by atoms with Gasteiger partial charge in [0.25, 0.3) is 0 Å². The van der Waals surface area contributed by atoms with Crippen molar-refractivity contribution in [3.05, 3.63) is 42.4 Å². The second kappa shape index (κ2) is 5.96. The van der Waals surface area contributed by atoms with E-state index < -0.39 is 0 Å². The average molecular weight is 320 g/mol. The molecule has 4 rings (SSSR count). The van der Waals surface area contributed by atoms with Crippen molar-refractivity contribution >= 4 is 33.9 Å². The molecule has 0 amide bonds. The molecule has 1 saturated heterocycles. The van der Waals surface area contributed by atoms with Gasteiger partial charge in [-0.2, -0.15) is 0 Å². The third kappa shape index (κ3) is 2.60. The summed E-state index contributed by atoms with van der Waals surface area (Å²) in [5.74, 6) is 1.46. The van der Waals surface area contributed by atoms with Gasteiger partial charge in [-0.25, -0.2) is 9.97 Å². The second-order valence-electron chi connectivity index (χ2n) is 6.10. The fourth-order valence-electron chi connectivity index (χ4n) is 3.16. The van der Waals surface area contributed by atoms with Crippen molar-refractivity contribution < 1.29 is 0 Å². The maximum absolute atomic E-state index is 6.33. The number of aryl methyl sites for hydroxylation is 1. The molecule has 1 aliphatic rings. The van der Waals surface area contributed by atoms with Crippen molar-refractivity contribution in [1.82, 2.24) is 15.0 Å². The monoisotopic (exact) mass is 320 g/mol. The number of benzene rings is 1. The van der Waals surface area contributed by atoms with Gasteiger partial charge >= 0.3 is 0 Å². The number of aromatic nitrogens is 3. The van der Waals surface area contributed by atoms with Gasteiger partial charge in [0.2, 0.25) is 0 Å². The molecule has 3 N–H and O–H groups in total. The van der Waals surface area contributed by atoms with Crippen LogP contribution in [-0.4, -0.2) is 28.0 Å². The molecule has 3 aromatic rings. The lowest BCUT2D eigenvalue weighted by Crippen LogP contribution is -2.21. The number of nitrogens with zero attached hydrogens (tertiary/aromatic N) is 4. The van der Waals surface area contributed by atoms with Crippen molar-refractivity contribution in [2.75, 3.05) is 29.0 Å². The largest absolute Gasteiger partial charge is 0.393 e. The van der Waals surface area contributed by atoms with E-state index in [1.807, 2.05) is 31.2 Å². The third-order valence-corrected chi connectivity index (χ3v) is 4.39. The summed E-state index contributed by atoms with van der Waals surface area (Å²) in [4.78, 5) is 15.5. The van der Waals surface area contributed by atoms with E-state index in [1.165, 1.54) is 12.8 Å². The Balaban J connectivity index is 1.72. The van der Waals surface area contributed by atoms with E-state index in [2.05, 4.69) is 31.2 Å². The van der Waals surface area contributed by atoms with E-state index in [9.17, 15) is 0 Å². The van der Waals surface area contributed by atoms with Crippen molar-refractivity contribution in [1.29, 1.82) is 0 Å². The van der Waals surface area contributed by atoms with Gasteiger partial charge in [-0.3, -0.25) is 4.98 Å². The van der Waals surface area contributed by atoms with Crippen molar-refractivity contribution in [2.24, 2.45) is 0 Å². The molecule has 2 aromatic heterocycles. The quantitative estimate of drug-likeness (QED) is 0.771. The first-order chi connectivity index (χ1) is 11.7. The number of fused-ring (bicyclic) bond motifs is 1. The molecule has 6 heteroatoms. The molecule has 1 aliphatic heterocycles. The minimum atomic E-state index is 0.594. The Bertz CT molecular complexity index is 886. The van der Waals surface area contributed by atoms with Crippen LogP contribution in [0.15, 0.2) is 36.7 Å². The maximum atomic E-state index is 6.33. The van der Waals surface area contributed by atoms with E-state index in [-0.39, 0.29) is 0 Å². The Labute approximate surface area is 140 Å². The minimum Gasteiger partial charge on any atom is -0.393 e. The summed E-state index contributed by atoms with van der Waals surface area (Å²) < 4.78 is 0. The fraction of sp³-hybridized carbons (Fsp3) is 0.278. The van der Waals surface area contributed by atoms with Gasteiger partial charge in [-0.1, -0.05) is 6.07 Å². The van der Waals surface area contributed by atoms with Crippen molar-refractivity contribution in [3.8, 4) is 0 Å². The van der Waals surface area contributed by atoms with Crippen LogP contribution >= 0.6 is 0 Å². The summed E-state index contributed by atoms with van der Waals surface area (Å²) in [6.45, 7) is 3.99. The number of nitrogens with two attached hydrogens (primary N) is 1. The SMILES string of the molecule is Cc1ccc2c(Nc3ncnc(N4CCCC4)c3N)cccc2n1. The van der Waals surface area contributed by atoms with Crippen LogP contribution in [-0.2, 0) is 0 Å². The van der Waals surface area contributed by atoms with Crippen LogP contribution in [0.1, 0.15) is 18.5 Å². The Hall–Kier alpha value is -2.89. The van der Waals surface area contributed by atoms with Crippen LogP contribution in [0.4, 0.5) is 23.0 Å². The van der Waals surface area contributed by atoms with E-state index in [0.29, 0.717) is 11.5 Å². The Morgan fingerprint density at radius 2 is 1.92 bits per heavy atom. The van der Waals surface area contributed by atoms with Crippen LogP contribution in [0.25, 0.3) is 10.9 Å². The second-order valence-corrected chi connectivity index (χ2v) is 6.10. The fourth-order valence-corrected chi connectivity index (χ4v) is 3.16. The maximum Gasteiger partial charge on any atom is 0.159 e. The molecular weight excluding hydrogens is 300 g/mol. The zero-order valence-electron chi connectivity index (χ0n) is 13.7. The van der Waals surface area contributed by atoms with Gasteiger partial charge in [0.05, 0.1) is 5.52 Å². The molecule has 1 fully saturated rings. The predicted octanol–water partition coefficient (Wildman–Crippen LogP) is 3.26. The van der Waals surface area contributed by atoms with Gasteiger partial charge in [0.1, 0.15) is 12.0 Å². The number of hydrogen-bond donors (Lipinski definition) is 2. The van der Waals surface area contributed by atoms with Crippen LogP contribution in [0.2, 0.25) is 0 Å². The standard InChI is InChI=1S/C18H20N6/c1-12-7-8-13-14(22-12)5-4-6-15(13)23-17-16(19)18(21-11-20-17)24-9-2-3-10-24/h4-8,11H,2-3,9-10,19H2,1H3,(H,20,21,23). The summed E-state index contributed by atoms with van der Waals surface area (Å²) in [5, 5.41) is 4.40. The summed E-state index contributed by atoms with van der Waals surface area (Å²) >= 11 is 0. The Kier molecular flexibility index (Phi) is 3.65. The van der Waals surface area contributed by atoms with Crippen LogP contribution < -0.4 is 16.0 Å². The van der Waals surface area contributed by atoms with Crippen LogP contribution in [0.5, 0.6) is 0 Å². The van der Waals surface area contributed by atoms with Crippen LogP contribution in [0.3, 0.4) is 0 Å². The summed E-state index contributed by atoms with van der Waals surface area (Å²) in [6, 6.07) is 10.1. The molecule has 0 radical (unpaired) electrons.